The number of carbonyl (C=O) groups excluding carboxylic acids is 1. The molecule has 1 amide bonds. The molecule has 3 aromatic rings. The van der Waals surface area contributed by atoms with Gasteiger partial charge in [-0.2, -0.15) is 5.10 Å². The van der Waals surface area contributed by atoms with Crippen LogP contribution in [0, 0.1) is 6.92 Å². The first-order chi connectivity index (χ1) is 13.0. The molecule has 142 valence electrons. The number of nitrogens with zero attached hydrogens (tertiary/aromatic N) is 3. The number of fused-ring (bicyclic) bond motifs is 1. The van der Waals surface area contributed by atoms with E-state index in [1.54, 1.807) is 11.9 Å². The van der Waals surface area contributed by atoms with Gasteiger partial charge in [0.05, 0.1) is 21.9 Å². The normalized spacial score (nSPS) is 16.6. The molecule has 27 heavy (non-hydrogen) atoms. The van der Waals surface area contributed by atoms with Gasteiger partial charge in [0.2, 0.25) is 0 Å². The first-order valence-corrected chi connectivity index (χ1v) is 9.89. The van der Waals surface area contributed by atoms with Gasteiger partial charge in [-0.15, -0.1) is 11.3 Å². The number of hydrogen-bond acceptors (Lipinski definition) is 5. The second-order valence-corrected chi connectivity index (χ2v) is 8.19. The minimum Gasteiger partial charge on any atom is -0.388 e. The van der Waals surface area contributed by atoms with Crippen LogP contribution in [-0.4, -0.2) is 58.1 Å². The van der Waals surface area contributed by atoms with Gasteiger partial charge < -0.3 is 14.7 Å². The highest BCUT2D eigenvalue weighted by atomic mass is 32.1. The van der Waals surface area contributed by atoms with Gasteiger partial charge in [-0.3, -0.25) is 4.79 Å². The Labute approximate surface area is 162 Å². The van der Waals surface area contributed by atoms with E-state index in [1.807, 2.05) is 48.0 Å². The highest BCUT2D eigenvalue weighted by Gasteiger charge is 2.33. The molecular weight excluding hydrogens is 362 g/mol. The summed E-state index contributed by atoms with van der Waals surface area (Å²) in [7, 11) is 1.75. The molecule has 0 saturated carbocycles. The lowest BCUT2D eigenvalue weighted by atomic mass is 9.94. The number of hydrogen-bond donors (Lipinski definition) is 1. The van der Waals surface area contributed by atoms with Crippen LogP contribution in [0.4, 0.5) is 0 Å². The zero-order valence-corrected chi connectivity index (χ0v) is 16.3. The number of para-hydroxylation sites is 1. The Morgan fingerprint density at radius 3 is 2.74 bits per heavy atom. The third kappa shape index (κ3) is 3.50. The summed E-state index contributed by atoms with van der Waals surface area (Å²) < 4.78 is 7.21. The monoisotopic (exact) mass is 385 g/mol. The fourth-order valence-electron chi connectivity index (χ4n) is 3.51. The van der Waals surface area contributed by atoms with Crippen molar-refractivity contribution < 1.29 is 14.6 Å². The van der Waals surface area contributed by atoms with Gasteiger partial charge in [0.15, 0.2) is 0 Å². The van der Waals surface area contributed by atoms with Crippen molar-refractivity contribution in [3.63, 3.8) is 0 Å². The van der Waals surface area contributed by atoms with Crippen LogP contribution in [0.15, 0.2) is 36.4 Å². The smallest absolute Gasteiger partial charge is 0.263 e. The second kappa shape index (κ2) is 7.07. The number of likely N-dealkylation sites (N-methyl/N-ethyl adjacent to an activating group) is 1. The Bertz CT molecular complexity index is 958. The van der Waals surface area contributed by atoms with Crippen LogP contribution < -0.4 is 0 Å². The molecule has 1 aromatic carbocycles. The largest absolute Gasteiger partial charge is 0.388 e. The molecule has 4 rings (SSSR count). The van der Waals surface area contributed by atoms with Crippen LogP contribution in [0.2, 0.25) is 0 Å². The molecule has 0 bridgehead atoms. The highest BCUT2D eigenvalue weighted by Crippen LogP contribution is 2.31. The summed E-state index contributed by atoms with van der Waals surface area (Å²) in [5, 5.41) is 16.3. The molecule has 1 fully saturated rings. The van der Waals surface area contributed by atoms with Crippen LogP contribution in [0.5, 0.6) is 0 Å². The number of thiophene rings is 1. The van der Waals surface area contributed by atoms with Gasteiger partial charge in [-0.05, 0) is 25.1 Å². The van der Waals surface area contributed by atoms with E-state index in [2.05, 4.69) is 5.10 Å². The van der Waals surface area contributed by atoms with Crippen molar-refractivity contribution in [3.8, 4) is 5.69 Å². The summed E-state index contributed by atoms with van der Waals surface area (Å²) in [4.78, 5) is 16.2. The minimum atomic E-state index is -0.865. The molecule has 0 unspecified atom stereocenters. The molecule has 6 nitrogen and oxygen atoms in total. The van der Waals surface area contributed by atoms with Gasteiger partial charge in [-0.1, -0.05) is 18.2 Å². The number of rotatable bonds is 4. The molecule has 0 aliphatic carbocycles. The molecular formula is C20H23N3O3S. The fourth-order valence-corrected chi connectivity index (χ4v) is 4.69. The number of benzene rings is 1. The summed E-state index contributed by atoms with van der Waals surface area (Å²) in [6.45, 7) is 3.34. The average molecular weight is 385 g/mol. The van der Waals surface area contributed by atoms with Crippen molar-refractivity contribution in [3.05, 3.63) is 47.0 Å². The second-order valence-electron chi connectivity index (χ2n) is 7.16. The lowest BCUT2D eigenvalue weighted by Gasteiger charge is -2.35. The molecule has 1 aliphatic rings. The highest BCUT2D eigenvalue weighted by molar-refractivity contribution is 7.20. The molecule has 7 heteroatoms. The van der Waals surface area contributed by atoms with E-state index < -0.39 is 5.60 Å². The van der Waals surface area contributed by atoms with Crippen molar-refractivity contribution in [2.75, 3.05) is 26.8 Å². The van der Waals surface area contributed by atoms with Crippen molar-refractivity contribution in [2.24, 2.45) is 0 Å². The van der Waals surface area contributed by atoms with E-state index in [0.717, 1.165) is 21.6 Å². The Kier molecular flexibility index (Phi) is 4.75. The summed E-state index contributed by atoms with van der Waals surface area (Å²) >= 11 is 1.44. The number of aliphatic hydroxyl groups is 1. The third-order valence-corrected chi connectivity index (χ3v) is 6.16. The standard InChI is InChI=1S/C20H23N3O3S/c1-14-16-12-17(18(24)22(2)13-20(25)8-10-26-11-9-20)27-19(16)23(21-14)15-6-4-3-5-7-15/h3-7,12,25H,8-11,13H2,1-2H3. The molecule has 1 N–H and O–H groups in total. The topological polar surface area (TPSA) is 67.6 Å². The Morgan fingerprint density at radius 1 is 1.33 bits per heavy atom. The SMILES string of the molecule is Cc1nn(-c2ccccc2)c2sc(C(=O)N(C)CC3(O)CCOCC3)cc12. The predicted octanol–water partition coefficient (Wildman–Crippen LogP) is 3.01. The van der Waals surface area contributed by atoms with Crippen LogP contribution >= 0.6 is 11.3 Å². The molecule has 0 atom stereocenters. The molecule has 0 radical (unpaired) electrons. The van der Waals surface area contributed by atoms with Crippen molar-refractivity contribution in [1.82, 2.24) is 14.7 Å². The van der Waals surface area contributed by atoms with E-state index in [1.165, 1.54) is 11.3 Å². The predicted molar refractivity (Wildman–Crippen MR) is 106 cm³/mol. The number of carbonyl (C=O) groups is 1. The minimum absolute atomic E-state index is 0.0740. The molecule has 0 spiro atoms. The summed E-state index contributed by atoms with van der Waals surface area (Å²) in [5.74, 6) is -0.0740. The third-order valence-electron chi connectivity index (χ3n) is 5.06. The van der Waals surface area contributed by atoms with Crippen molar-refractivity contribution in [1.29, 1.82) is 0 Å². The molecule has 1 saturated heterocycles. The molecule has 2 aromatic heterocycles. The first kappa shape index (κ1) is 18.2. The summed E-state index contributed by atoms with van der Waals surface area (Å²) in [6, 6.07) is 11.8. The van der Waals surface area contributed by atoms with Gasteiger partial charge in [0, 0.05) is 45.0 Å². The zero-order chi connectivity index (χ0) is 19.0. The number of amides is 1. The van der Waals surface area contributed by atoms with E-state index in [0.29, 0.717) is 37.5 Å². The van der Waals surface area contributed by atoms with Crippen molar-refractivity contribution in [2.45, 2.75) is 25.4 Å². The van der Waals surface area contributed by atoms with Gasteiger partial charge in [0.1, 0.15) is 4.83 Å². The number of ether oxygens (including phenoxy) is 1. The fraction of sp³-hybridized carbons (Fsp3) is 0.400. The van der Waals surface area contributed by atoms with Crippen LogP contribution in [-0.2, 0) is 4.74 Å². The first-order valence-electron chi connectivity index (χ1n) is 9.07. The summed E-state index contributed by atoms with van der Waals surface area (Å²) in [6.07, 6.45) is 1.11. The van der Waals surface area contributed by atoms with Crippen LogP contribution in [0.1, 0.15) is 28.2 Å². The Morgan fingerprint density at radius 2 is 2.04 bits per heavy atom. The number of aromatic nitrogens is 2. The van der Waals surface area contributed by atoms with Crippen LogP contribution in [0.3, 0.4) is 0 Å². The zero-order valence-electron chi connectivity index (χ0n) is 15.5. The lowest BCUT2D eigenvalue weighted by Crippen LogP contribution is -2.47. The molecule has 3 heterocycles. The Balaban J connectivity index is 1.61. The van der Waals surface area contributed by atoms with E-state index in [9.17, 15) is 9.90 Å². The van der Waals surface area contributed by atoms with E-state index in [-0.39, 0.29) is 5.91 Å². The van der Waals surface area contributed by atoms with Gasteiger partial charge in [-0.25, -0.2) is 4.68 Å². The average Bonchev–Trinajstić information content (AvgIpc) is 3.23. The maximum atomic E-state index is 13.0. The molecule has 1 aliphatic heterocycles. The maximum Gasteiger partial charge on any atom is 0.263 e. The van der Waals surface area contributed by atoms with Gasteiger partial charge >= 0.3 is 0 Å². The van der Waals surface area contributed by atoms with E-state index >= 15 is 0 Å². The van der Waals surface area contributed by atoms with Crippen LogP contribution in [0.25, 0.3) is 15.9 Å². The quantitative estimate of drug-likeness (QED) is 0.750. The van der Waals surface area contributed by atoms with Gasteiger partial charge in [0.25, 0.3) is 5.91 Å². The Hall–Kier alpha value is -2.22. The van der Waals surface area contributed by atoms with E-state index in [4.69, 9.17) is 4.74 Å². The van der Waals surface area contributed by atoms with Crippen molar-refractivity contribution >= 4 is 27.5 Å². The summed E-state index contributed by atoms with van der Waals surface area (Å²) in [5.41, 5.74) is 1.01. The number of aryl methyl sites for hydroxylation is 1. The lowest BCUT2D eigenvalue weighted by molar-refractivity contribution is -0.0733. The maximum absolute atomic E-state index is 13.0.